The van der Waals surface area contributed by atoms with E-state index >= 15 is 0 Å². The molecule has 0 spiro atoms. The van der Waals surface area contributed by atoms with Gasteiger partial charge in [-0.15, -0.1) is 11.3 Å². The second kappa shape index (κ2) is 4.34. The van der Waals surface area contributed by atoms with E-state index in [1.54, 1.807) is 25.6 Å². The summed E-state index contributed by atoms with van der Waals surface area (Å²) in [4.78, 5) is 0. The molecule has 0 saturated heterocycles. The summed E-state index contributed by atoms with van der Waals surface area (Å²) in [5.41, 5.74) is 0. The van der Waals surface area contributed by atoms with Crippen LogP contribution in [0.1, 0.15) is 0 Å². The Kier molecular flexibility index (Phi) is 2.80. The summed E-state index contributed by atoms with van der Waals surface area (Å²) in [6, 6.07) is 9.84. The molecular formula is C14H11ClO2S. The van der Waals surface area contributed by atoms with Crippen LogP contribution in [0.25, 0.3) is 20.2 Å². The molecule has 0 atom stereocenters. The Balaban J connectivity index is 2.47. The van der Waals surface area contributed by atoms with Gasteiger partial charge in [0.1, 0.15) is 11.5 Å². The highest BCUT2D eigenvalue weighted by Gasteiger charge is 2.12. The minimum Gasteiger partial charge on any atom is -0.497 e. The Morgan fingerprint density at radius 2 is 1.83 bits per heavy atom. The first kappa shape index (κ1) is 11.6. The number of halogens is 1. The number of thiophene rings is 1. The second-order valence-electron chi connectivity index (χ2n) is 3.95. The average Bonchev–Trinajstić information content (AvgIpc) is 2.75. The van der Waals surface area contributed by atoms with Crippen molar-refractivity contribution in [3.8, 4) is 11.5 Å². The zero-order valence-electron chi connectivity index (χ0n) is 9.99. The lowest BCUT2D eigenvalue weighted by Gasteiger charge is -2.06. The first-order valence-electron chi connectivity index (χ1n) is 5.46. The molecule has 0 aliphatic carbocycles. The molecule has 0 aliphatic heterocycles. The van der Waals surface area contributed by atoms with Gasteiger partial charge in [-0.25, -0.2) is 0 Å². The molecule has 2 aromatic carbocycles. The first-order chi connectivity index (χ1) is 8.72. The predicted octanol–water partition coefficient (Wildman–Crippen LogP) is 4.73. The molecule has 18 heavy (non-hydrogen) atoms. The van der Waals surface area contributed by atoms with Gasteiger partial charge in [-0.05, 0) is 24.3 Å². The monoisotopic (exact) mass is 278 g/mol. The van der Waals surface area contributed by atoms with Crippen LogP contribution >= 0.6 is 22.9 Å². The topological polar surface area (TPSA) is 18.5 Å². The zero-order chi connectivity index (χ0) is 12.7. The molecule has 3 aromatic rings. The van der Waals surface area contributed by atoms with Crippen LogP contribution in [0.2, 0.25) is 5.02 Å². The van der Waals surface area contributed by atoms with E-state index in [1.165, 1.54) is 4.70 Å². The van der Waals surface area contributed by atoms with Crippen LogP contribution in [-0.4, -0.2) is 14.2 Å². The smallest absolute Gasteiger partial charge is 0.131 e. The SMILES string of the molecule is COc1cc(OC)c2c(c1)sc1ccc(Cl)cc12. The molecule has 0 aliphatic rings. The van der Waals surface area contributed by atoms with Gasteiger partial charge in [0.15, 0.2) is 0 Å². The fourth-order valence-electron chi connectivity index (χ4n) is 2.10. The molecule has 3 rings (SSSR count). The molecule has 1 heterocycles. The molecule has 1 aromatic heterocycles. The summed E-state index contributed by atoms with van der Waals surface area (Å²) >= 11 is 7.78. The molecule has 92 valence electrons. The van der Waals surface area contributed by atoms with Crippen LogP contribution in [0.5, 0.6) is 11.5 Å². The average molecular weight is 279 g/mol. The van der Waals surface area contributed by atoms with Crippen LogP contribution in [0.15, 0.2) is 30.3 Å². The fraction of sp³-hybridized carbons (Fsp3) is 0.143. The molecule has 2 nitrogen and oxygen atoms in total. The van der Waals surface area contributed by atoms with Crippen LogP contribution in [-0.2, 0) is 0 Å². The number of ether oxygens (including phenoxy) is 2. The number of hydrogen-bond acceptors (Lipinski definition) is 3. The third-order valence-electron chi connectivity index (χ3n) is 2.93. The number of methoxy groups -OCH3 is 2. The maximum absolute atomic E-state index is 6.07. The Bertz CT molecular complexity index is 733. The third kappa shape index (κ3) is 1.71. The zero-order valence-corrected chi connectivity index (χ0v) is 11.6. The quantitative estimate of drug-likeness (QED) is 0.675. The van der Waals surface area contributed by atoms with E-state index in [-0.39, 0.29) is 0 Å². The van der Waals surface area contributed by atoms with Crippen molar-refractivity contribution >= 4 is 43.1 Å². The molecule has 0 radical (unpaired) electrons. The van der Waals surface area contributed by atoms with Crippen molar-refractivity contribution in [2.75, 3.05) is 14.2 Å². The summed E-state index contributed by atoms with van der Waals surface area (Å²) in [5, 5.41) is 2.96. The highest BCUT2D eigenvalue weighted by molar-refractivity contribution is 7.25. The number of hydrogen-bond donors (Lipinski definition) is 0. The molecule has 0 fully saturated rings. The summed E-state index contributed by atoms with van der Waals surface area (Å²) in [7, 11) is 3.33. The summed E-state index contributed by atoms with van der Waals surface area (Å²) in [6.45, 7) is 0. The maximum atomic E-state index is 6.07. The van der Waals surface area contributed by atoms with Gasteiger partial charge in [0, 0.05) is 31.3 Å². The fourth-order valence-corrected chi connectivity index (χ4v) is 3.40. The van der Waals surface area contributed by atoms with E-state index in [1.807, 2.05) is 30.3 Å². The van der Waals surface area contributed by atoms with Crippen LogP contribution < -0.4 is 9.47 Å². The third-order valence-corrected chi connectivity index (χ3v) is 4.28. The molecule has 0 saturated carbocycles. The largest absolute Gasteiger partial charge is 0.497 e. The highest BCUT2D eigenvalue weighted by Crippen LogP contribution is 2.42. The van der Waals surface area contributed by atoms with Crippen molar-refractivity contribution in [1.82, 2.24) is 0 Å². The van der Waals surface area contributed by atoms with Crippen LogP contribution in [0.4, 0.5) is 0 Å². The van der Waals surface area contributed by atoms with Crippen molar-refractivity contribution in [3.63, 3.8) is 0 Å². The Morgan fingerprint density at radius 1 is 1.00 bits per heavy atom. The Labute approximate surface area is 114 Å². The second-order valence-corrected chi connectivity index (χ2v) is 5.47. The van der Waals surface area contributed by atoms with E-state index in [4.69, 9.17) is 21.1 Å². The number of benzene rings is 2. The van der Waals surface area contributed by atoms with Crippen molar-refractivity contribution in [2.45, 2.75) is 0 Å². The lowest BCUT2D eigenvalue weighted by molar-refractivity contribution is 0.398. The standard InChI is InChI=1S/C14H11ClO2S/c1-16-9-6-11(17-2)14-10-5-8(15)3-4-12(10)18-13(14)7-9/h3-7H,1-2H3. The van der Waals surface area contributed by atoms with Gasteiger partial charge < -0.3 is 9.47 Å². The van der Waals surface area contributed by atoms with Gasteiger partial charge in [0.05, 0.1) is 14.2 Å². The van der Waals surface area contributed by atoms with Crippen molar-refractivity contribution in [1.29, 1.82) is 0 Å². The van der Waals surface area contributed by atoms with E-state index in [2.05, 4.69) is 0 Å². The summed E-state index contributed by atoms with van der Waals surface area (Å²) in [6.07, 6.45) is 0. The van der Waals surface area contributed by atoms with Gasteiger partial charge in [-0.1, -0.05) is 11.6 Å². The lowest BCUT2D eigenvalue weighted by atomic mass is 10.1. The predicted molar refractivity (Wildman–Crippen MR) is 77.4 cm³/mol. The van der Waals surface area contributed by atoms with Crippen LogP contribution in [0.3, 0.4) is 0 Å². The highest BCUT2D eigenvalue weighted by atomic mass is 35.5. The van der Waals surface area contributed by atoms with Crippen LogP contribution in [0, 0.1) is 0 Å². The van der Waals surface area contributed by atoms with Gasteiger partial charge in [0.25, 0.3) is 0 Å². The maximum Gasteiger partial charge on any atom is 0.131 e. The van der Waals surface area contributed by atoms with Gasteiger partial charge >= 0.3 is 0 Å². The van der Waals surface area contributed by atoms with E-state index in [9.17, 15) is 0 Å². The first-order valence-corrected chi connectivity index (χ1v) is 6.66. The Hall–Kier alpha value is -1.45. The molecular weight excluding hydrogens is 268 g/mol. The minimum atomic E-state index is 0.736. The molecule has 0 bridgehead atoms. The normalized spacial score (nSPS) is 11.1. The number of rotatable bonds is 2. The molecule has 0 amide bonds. The molecule has 0 unspecified atom stereocenters. The summed E-state index contributed by atoms with van der Waals surface area (Å²) < 4.78 is 13.1. The minimum absolute atomic E-state index is 0.736. The van der Waals surface area contributed by atoms with Crippen molar-refractivity contribution in [2.24, 2.45) is 0 Å². The number of fused-ring (bicyclic) bond motifs is 3. The molecule has 4 heteroatoms. The van der Waals surface area contributed by atoms with E-state index in [0.717, 1.165) is 32.0 Å². The van der Waals surface area contributed by atoms with Crippen molar-refractivity contribution < 1.29 is 9.47 Å². The van der Waals surface area contributed by atoms with E-state index in [0.29, 0.717) is 0 Å². The van der Waals surface area contributed by atoms with Gasteiger partial charge in [0.2, 0.25) is 0 Å². The van der Waals surface area contributed by atoms with E-state index < -0.39 is 0 Å². The summed E-state index contributed by atoms with van der Waals surface area (Å²) in [5.74, 6) is 1.62. The lowest BCUT2D eigenvalue weighted by Crippen LogP contribution is -1.87. The molecule has 0 N–H and O–H groups in total. The van der Waals surface area contributed by atoms with Gasteiger partial charge in [-0.3, -0.25) is 0 Å². The van der Waals surface area contributed by atoms with Crippen molar-refractivity contribution in [3.05, 3.63) is 35.4 Å². The Morgan fingerprint density at radius 3 is 2.56 bits per heavy atom. The van der Waals surface area contributed by atoms with Gasteiger partial charge in [-0.2, -0.15) is 0 Å².